The van der Waals surface area contributed by atoms with Crippen molar-refractivity contribution in [2.75, 3.05) is 13.2 Å². The van der Waals surface area contributed by atoms with Crippen LogP contribution in [0.15, 0.2) is 53.3 Å². The Morgan fingerprint density at radius 2 is 1.82 bits per heavy atom. The zero-order chi connectivity index (χ0) is 24.2. The Labute approximate surface area is 201 Å². The van der Waals surface area contributed by atoms with Gasteiger partial charge in [0.25, 0.3) is 5.56 Å². The molecule has 1 atom stereocenters. The Bertz CT molecular complexity index is 1200. The number of benzene rings is 2. The summed E-state index contributed by atoms with van der Waals surface area (Å²) < 4.78 is 7.25. The smallest absolute Gasteiger partial charge is 0.266 e. The zero-order valence-corrected chi connectivity index (χ0v) is 20.7. The molecule has 1 aliphatic rings. The largest absolute Gasteiger partial charge is 0.494 e. The molecule has 1 fully saturated rings. The minimum atomic E-state index is -0.337. The Morgan fingerprint density at radius 1 is 1.12 bits per heavy atom. The van der Waals surface area contributed by atoms with E-state index in [9.17, 15) is 9.59 Å². The Balaban J connectivity index is 1.83. The lowest BCUT2D eigenvalue weighted by atomic mass is 9.84. The highest BCUT2D eigenvalue weighted by Gasteiger charge is 2.34. The van der Waals surface area contributed by atoms with Crippen LogP contribution in [-0.2, 0) is 4.79 Å². The molecule has 0 spiro atoms. The maximum atomic E-state index is 13.7. The highest BCUT2D eigenvalue weighted by Crippen LogP contribution is 2.32. The maximum Gasteiger partial charge on any atom is 0.266 e. The number of ether oxygens (including phenoxy) is 1. The molecule has 2 aromatic carbocycles. The molecule has 4 rings (SSSR count). The van der Waals surface area contributed by atoms with E-state index in [0.29, 0.717) is 41.5 Å². The third-order valence-corrected chi connectivity index (χ3v) is 6.73. The molecule has 0 saturated heterocycles. The molecule has 6 nitrogen and oxygen atoms in total. The van der Waals surface area contributed by atoms with Crippen molar-refractivity contribution in [1.29, 1.82) is 0 Å². The number of hydrogen-bond acceptors (Lipinski definition) is 4. The van der Waals surface area contributed by atoms with E-state index in [-0.39, 0.29) is 23.4 Å². The van der Waals surface area contributed by atoms with Gasteiger partial charge < -0.3 is 9.64 Å². The standard InChI is InChI=1S/C28H35N3O3/c1-5-34-23-15-13-22(14-16-23)31-26(29-25-12-7-6-11-24(25)28(31)33)20(4)30(18-17-19(2)3)27(32)21-9-8-10-21/h6-7,11-16,19-21H,5,8-10,17-18H2,1-4H3. The van der Waals surface area contributed by atoms with Crippen LogP contribution < -0.4 is 10.3 Å². The second kappa shape index (κ2) is 10.4. The quantitative estimate of drug-likeness (QED) is 0.421. The van der Waals surface area contributed by atoms with E-state index < -0.39 is 0 Å². The minimum Gasteiger partial charge on any atom is -0.494 e. The summed E-state index contributed by atoms with van der Waals surface area (Å²) in [5, 5.41) is 0.561. The number of carbonyl (C=O) groups is 1. The average molecular weight is 462 g/mol. The van der Waals surface area contributed by atoms with E-state index in [1.165, 1.54) is 0 Å². The van der Waals surface area contributed by atoms with Crippen molar-refractivity contribution in [3.8, 4) is 11.4 Å². The first kappa shape index (κ1) is 24.0. The molecule has 1 heterocycles. The zero-order valence-electron chi connectivity index (χ0n) is 20.7. The second-order valence-corrected chi connectivity index (χ2v) is 9.57. The van der Waals surface area contributed by atoms with Crippen LogP contribution in [0, 0.1) is 11.8 Å². The van der Waals surface area contributed by atoms with Gasteiger partial charge in [-0.25, -0.2) is 4.98 Å². The first-order valence-corrected chi connectivity index (χ1v) is 12.5. The average Bonchev–Trinajstić information content (AvgIpc) is 2.78. The summed E-state index contributed by atoms with van der Waals surface area (Å²) >= 11 is 0. The first-order valence-electron chi connectivity index (χ1n) is 12.5. The summed E-state index contributed by atoms with van der Waals surface area (Å²) in [6.45, 7) is 9.50. The molecular formula is C28H35N3O3. The van der Waals surface area contributed by atoms with Crippen LogP contribution in [0.2, 0.25) is 0 Å². The summed E-state index contributed by atoms with van der Waals surface area (Å²) in [7, 11) is 0. The normalized spacial score (nSPS) is 14.7. The molecule has 3 aromatic rings. The number of amides is 1. The third kappa shape index (κ3) is 4.86. The lowest BCUT2D eigenvalue weighted by Crippen LogP contribution is -2.43. The van der Waals surface area contributed by atoms with E-state index in [0.717, 1.165) is 31.4 Å². The molecule has 6 heteroatoms. The highest BCUT2D eigenvalue weighted by atomic mass is 16.5. The molecule has 1 aromatic heterocycles. The van der Waals surface area contributed by atoms with Crippen LogP contribution in [0.5, 0.6) is 5.75 Å². The van der Waals surface area contributed by atoms with Gasteiger partial charge >= 0.3 is 0 Å². The number of rotatable bonds is 9. The minimum absolute atomic E-state index is 0.0840. The van der Waals surface area contributed by atoms with Crippen LogP contribution in [0.1, 0.15) is 65.2 Å². The van der Waals surface area contributed by atoms with E-state index in [1.54, 1.807) is 10.6 Å². The van der Waals surface area contributed by atoms with Crippen LogP contribution in [0.3, 0.4) is 0 Å². The van der Waals surface area contributed by atoms with Gasteiger partial charge in [-0.05, 0) is 75.4 Å². The Hall–Kier alpha value is -3.15. The summed E-state index contributed by atoms with van der Waals surface area (Å²) in [5.41, 5.74) is 1.24. The van der Waals surface area contributed by atoms with Crippen LogP contribution in [0.25, 0.3) is 16.6 Å². The van der Waals surface area contributed by atoms with Crippen molar-refractivity contribution in [2.24, 2.45) is 11.8 Å². The van der Waals surface area contributed by atoms with Gasteiger partial charge in [-0.3, -0.25) is 14.2 Å². The lowest BCUT2D eigenvalue weighted by Gasteiger charge is -2.36. The van der Waals surface area contributed by atoms with E-state index in [2.05, 4.69) is 13.8 Å². The predicted octanol–water partition coefficient (Wildman–Crippen LogP) is 5.52. The fourth-order valence-electron chi connectivity index (χ4n) is 4.46. The van der Waals surface area contributed by atoms with Gasteiger partial charge in [0.05, 0.1) is 29.2 Å². The summed E-state index contributed by atoms with van der Waals surface area (Å²) in [5.74, 6) is 2.08. The number of nitrogens with zero attached hydrogens (tertiary/aromatic N) is 3. The molecule has 0 aliphatic heterocycles. The SMILES string of the molecule is CCOc1ccc(-n2c(C(C)N(CCC(C)C)C(=O)C3CCC3)nc3ccccc3c2=O)cc1. The van der Waals surface area contributed by atoms with Crippen LogP contribution in [0.4, 0.5) is 0 Å². The molecule has 34 heavy (non-hydrogen) atoms. The highest BCUT2D eigenvalue weighted by molar-refractivity contribution is 5.80. The van der Waals surface area contributed by atoms with Crippen molar-refractivity contribution in [1.82, 2.24) is 14.5 Å². The Kier molecular flexibility index (Phi) is 7.35. The lowest BCUT2D eigenvalue weighted by molar-refractivity contribution is -0.140. The van der Waals surface area contributed by atoms with Gasteiger partial charge in [-0.2, -0.15) is 0 Å². The van der Waals surface area contributed by atoms with Crippen LogP contribution >= 0.6 is 0 Å². The van der Waals surface area contributed by atoms with Gasteiger partial charge in [-0.1, -0.05) is 32.4 Å². The summed E-state index contributed by atoms with van der Waals surface area (Å²) in [6.07, 6.45) is 3.90. The van der Waals surface area contributed by atoms with Crippen molar-refractivity contribution < 1.29 is 9.53 Å². The van der Waals surface area contributed by atoms with Gasteiger partial charge in [0.2, 0.25) is 5.91 Å². The van der Waals surface area contributed by atoms with E-state index >= 15 is 0 Å². The number of para-hydroxylation sites is 1. The Morgan fingerprint density at radius 3 is 2.44 bits per heavy atom. The molecule has 1 aliphatic carbocycles. The number of hydrogen-bond donors (Lipinski definition) is 0. The van der Waals surface area contributed by atoms with Crippen molar-refractivity contribution in [3.63, 3.8) is 0 Å². The van der Waals surface area contributed by atoms with E-state index in [4.69, 9.17) is 9.72 Å². The number of carbonyl (C=O) groups excluding carboxylic acids is 1. The molecule has 180 valence electrons. The van der Waals surface area contributed by atoms with Crippen molar-refractivity contribution in [2.45, 2.75) is 59.4 Å². The van der Waals surface area contributed by atoms with Gasteiger partial charge in [0.1, 0.15) is 11.6 Å². The predicted molar refractivity (Wildman–Crippen MR) is 135 cm³/mol. The summed E-state index contributed by atoms with van der Waals surface area (Å²) in [4.78, 5) is 34.1. The monoisotopic (exact) mass is 461 g/mol. The topological polar surface area (TPSA) is 64.4 Å². The van der Waals surface area contributed by atoms with E-state index in [1.807, 2.05) is 61.2 Å². The second-order valence-electron chi connectivity index (χ2n) is 9.57. The molecular weight excluding hydrogens is 426 g/mol. The first-order chi connectivity index (χ1) is 16.4. The maximum absolute atomic E-state index is 13.7. The molecule has 1 amide bonds. The van der Waals surface area contributed by atoms with Crippen LogP contribution in [-0.4, -0.2) is 33.5 Å². The van der Waals surface area contributed by atoms with Gasteiger partial charge in [-0.15, -0.1) is 0 Å². The fourth-order valence-corrected chi connectivity index (χ4v) is 4.46. The number of fused-ring (bicyclic) bond motifs is 1. The third-order valence-electron chi connectivity index (χ3n) is 6.73. The molecule has 1 unspecified atom stereocenters. The molecule has 0 bridgehead atoms. The molecule has 1 saturated carbocycles. The number of aromatic nitrogens is 2. The van der Waals surface area contributed by atoms with Gasteiger partial charge in [0.15, 0.2) is 0 Å². The van der Waals surface area contributed by atoms with Crippen molar-refractivity contribution >= 4 is 16.8 Å². The molecule has 0 radical (unpaired) electrons. The fraction of sp³-hybridized carbons (Fsp3) is 0.464. The van der Waals surface area contributed by atoms with Crippen molar-refractivity contribution in [3.05, 3.63) is 64.7 Å². The van der Waals surface area contributed by atoms with Gasteiger partial charge in [0, 0.05) is 12.5 Å². The molecule has 0 N–H and O–H groups in total. The summed E-state index contributed by atoms with van der Waals surface area (Å²) in [6, 6.07) is 14.6.